The molecule has 3 rings (SSSR count). The quantitative estimate of drug-likeness (QED) is 0.521. The molecule has 146 valence electrons. The van der Waals surface area contributed by atoms with Gasteiger partial charge in [0.1, 0.15) is 0 Å². The van der Waals surface area contributed by atoms with Gasteiger partial charge in [-0.2, -0.15) is 0 Å². The SMILES string of the molecule is COc1ccc(NS(=O)(=O)c2ccc(NC(=O)c3cccnc3)cc2)nn1.[Cl-]. The minimum atomic E-state index is -3.85. The minimum Gasteiger partial charge on any atom is -1.00 e. The fourth-order valence-electron chi connectivity index (χ4n) is 2.10. The number of halogens is 1. The number of hydrogen-bond donors (Lipinski definition) is 2. The first-order valence-corrected chi connectivity index (χ1v) is 9.18. The van der Waals surface area contributed by atoms with Gasteiger partial charge in [-0.05, 0) is 42.5 Å². The third-order valence-electron chi connectivity index (χ3n) is 3.43. The number of nitrogens with one attached hydrogen (secondary N) is 2. The molecule has 0 bridgehead atoms. The Morgan fingerprint density at radius 2 is 1.79 bits per heavy atom. The van der Waals surface area contributed by atoms with Gasteiger partial charge in [0.05, 0.1) is 17.6 Å². The van der Waals surface area contributed by atoms with Crippen LogP contribution in [0.2, 0.25) is 0 Å². The molecule has 0 saturated carbocycles. The number of rotatable bonds is 6. The summed E-state index contributed by atoms with van der Waals surface area (Å²) in [7, 11) is -2.41. The second kappa shape index (κ2) is 9.11. The molecule has 1 aromatic carbocycles. The van der Waals surface area contributed by atoms with Crippen LogP contribution in [-0.2, 0) is 10.0 Å². The fourth-order valence-corrected chi connectivity index (χ4v) is 3.09. The van der Waals surface area contributed by atoms with Crippen molar-refractivity contribution in [2.45, 2.75) is 4.90 Å². The Morgan fingerprint density at radius 1 is 1.04 bits per heavy atom. The molecule has 9 nitrogen and oxygen atoms in total. The van der Waals surface area contributed by atoms with Gasteiger partial charge in [-0.1, -0.05) is 0 Å². The highest BCUT2D eigenvalue weighted by Crippen LogP contribution is 2.18. The highest BCUT2D eigenvalue weighted by atomic mass is 35.5. The number of pyridine rings is 1. The van der Waals surface area contributed by atoms with E-state index in [1.54, 1.807) is 18.3 Å². The highest BCUT2D eigenvalue weighted by molar-refractivity contribution is 7.92. The lowest BCUT2D eigenvalue weighted by Crippen LogP contribution is -3.00. The van der Waals surface area contributed by atoms with Crippen LogP contribution in [0.25, 0.3) is 0 Å². The minimum absolute atomic E-state index is 0. The van der Waals surface area contributed by atoms with Crippen molar-refractivity contribution >= 4 is 27.4 Å². The number of amides is 1. The number of ether oxygens (including phenoxy) is 1. The van der Waals surface area contributed by atoms with Crippen LogP contribution in [0, 0.1) is 0 Å². The van der Waals surface area contributed by atoms with Gasteiger partial charge in [0.25, 0.3) is 15.9 Å². The molecule has 1 amide bonds. The standard InChI is InChI=1S/C17H15N5O4S.ClH/c1-26-16-9-8-15(20-21-16)22-27(24,25)14-6-4-13(5-7-14)19-17(23)12-3-2-10-18-11-12;/h2-11H,1H3,(H,19,23)(H,20,22);1H/p-1. The second-order valence-electron chi connectivity index (χ2n) is 5.29. The molecule has 0 unspecified atom stereocenters. The van der Waals surface area contributed by atoms with Gasteiger partial charge in [0, 0.05) is 24.1 Å². The molecule has 2 heterocycles. The Morgan fingerprint density at radius 3 is 2.36 bits per heavy atom. The van der Waals surface area contributed by atoms with E-state index in [4.69, 9.17) is 4.74 Å². The summed E-state index contributed by atoms with van der Waals surface area (Å²) in [5, 5.41) is 10.1. The van der Waals surface area contributed by atoms with Crippen LogP contribution in [0.4, 0.5) is 11.5 Å². The number of benzene rings is 1. The molecule has 0 fully saturated rings. The van der Waals surface area contributed by atoms with E-state index in [0.717, 1.165) is 0 Å². The Balaban J connectivity index is 0.00000280. The number of hydrogen-bond acceptors (Lipinski definition) is 7. The molecule has 2 aromatic heterocycles. The monoisotopic (exact) mass is 420 g/mol. The number of carbonyl (C=O) groups is 1. The van der Waals surface area contributed by atoms with E-state index in [9.17, 15) is 13.2 Å². The lowest BCUT2D eigenvalue weighted by Gasteiger charge is -2.09. The van der Waals surface area contributed by atoms with Crippen molar-refractivity contribution in [3.8, 4) is 5.88 Å². The van der Waals surface area contributed by atoms with Gasteiger partial charge < -0.3 is 22.5 Å². The Labute approximate surface area is 167 Å². The molecule has 0 saturated heterocycles. The van der Waals surface area contributed by atoms with Crippen molar-refractivity contribution in [2.75, 3.05) is 17.1 Å². The van der Waals surface area contributed by atoms with Crippen LogP contribution < -0.4 is 27.2 Å². The van der Waals surface area contributed by atoms with Gasteiger partial charge >= 0.3 is 0 Å². The molecule has 0 aliphatic heterocycles. The predicted octanol–water partition coefficient (Wildman–Crippen LogP) is -1.06. The Hall–Kier alpha value is -3.24. The van der Waals surface area contributed by atoms with E-state index >= 15 is 0 Å². The molecule has 2 N–H and O–H groups in total. The predicted molar refractivity (Wildman–Crippen MR) is 98.0 cm³/mol. The number of methoxy groups -OCH3 is 1. The van der Waals surface area contributed by atoms with E-state index in [1.807, 2.05) is 0 Å². The van der Waals surface area contributed by atoms with Crippen molar-refractivity contribution in [2.24, 2.45) is 0 Å². The highest BCUT2D eigenvalue weighted by Gasteiger charge is 2.15. The van der Waals surface area contributed by atoms with Crippen molar-refractivity contribution in [1.29, 1.82) is 0 Å². The van der Waals surface area contributed by atoms with Crippen molar-refractivity contribution in [3.63, 3.8) is 0 Å². The molecule has 28 heavy (non-hydrogen) atoms. The third-order valence-corrected chi connectivity index (χ3v) is 4.80. The van der Waals surface area contributed by atoms with Crippen LogP contribution in [0.3, 0.4) is 0 Å². The van der Waals surface area contributed by atoms with Gasteiger partial charge in [0.15, 0.2) is 5.82 Å². The topological polar surface area (TPSA) is 123 Å². The molecule has 3 aromatic rings. The van der Waals surface area contributed by atoms with E-state index in [2.05, 4.69) is 25.2 Å². The number of anilines is 2. The summed E-state index contributed by atoms with van der Waals surface area (Å²) in [4.78, 5) is 16.0. The maximum absolute atomic E-state index is 12.4. The third kappa shape index (κ3) is 5.15. The summed E-state index contributed by atoms with van der Waals surface area (Å²) in [6, 6.07) is 11.9. The zero-order chi connectivity index (χ0) is 19.3. The molecular formula is C17H15ClN5O4S-. The summed E-state index contributed by atoms with van der Waals surface area (Å²) in [6.45, 7) is 0. The van der Waals surface area contributed by atoms with Crippen molar-refractivity contribution in [1.82, 2.24) is 15.2 Å². The number of aromatic nitrogens is 3. The summed E-state index contributed by atoms with van der Waals surface area (Å²) >= 11 is 0. The number of carbonyl (C=O) groups excluding carboxylic acids is 1. The molecule has 0 aliphatic carbocycles. The van der Waals surface area contributed by atoms with E-state index in [1.165, 1.54) is 49.7 Å². The second-order valence-corrected chi connectivity index (χ2v) is 6.97. The van der Waals surface area contributed by atoms with Crippen LogP contribution in [0.15, 0.2) is 65.8 Å². The normalized spacial score (nSPS) is 10.5. The Kier molecular flexibility index (Phi) is 6.85. The van der Waals surface area contributed by atoms with Crippen LogP contribution >= 0.6 is 0 Å². The molecule has 0 aliphatic rings. The van der Waals surface area contributed by atoms with Gasteiger partial charge in [-0.15, -0.1) is 10.2 Å². The zero-order valence-corrected chi connectivity index (χ0v) is 16.1. The van der Waals surface area contributed by atoms with E-state index < -0.39 is 10.0 Å². The van der Waals surface area contributed by atoms with E-state index in [-0.39, 0.29) is 34.9 Å². The van der Waals surface area contributed by atoms with Gasteiger partial charge in [-0.25, -0.2) is 8.42 Å². The Bertz CT molecular complexity index is 1030. The van der Waals surface area contributed by atoms with Crippen molar-refractivity contribution < 1.29 is 30.4 Å². The lowest BCUT2D eigenvalue weighted by molar-refractivity contribution is -0.0000159. The largest absolute Gasteiger partial charge is 1.00 e. The molecule has 11 heteroatoms. The average Bonchev–Trinajstić information content (AvgIpc) is 2.69. The summed E-state index contributed by atoms with van der Waals surface area (Å²) in [5.41, 5.74) is 0.848. The summed E-state index contributed by atoms with van der Waals surface area (Å²) in [5.74, 6) is -0.0123. The first-order valence-electron chi connectivity index (χ1n) is 7.70. The average molecular weight is 421 g/mol. The number of sulfonamides is 1. The zero-order valence-electron chi connectivity index (χ0n) is 14.5. The van der Waals surface area contributed by atoms with Crippen molar-refractivity contribution in [3.05, 3.63) is 66.5 Å². The molecule has 0 radical (unpaired) electrons. The smallest absolute Gasteiger partial charge is 0.263 e. The lowest BCUT2D eigenvalue weighted by atomic mass is 10.2. The molecular weight excluding hydrogens is 406 g/mol. The molecule has 0 spiro atoms. The maximum Gasteiger partial charge on any atom is 0.263 e. The molecule has 0 atom stereocenters. The van der Waals surface area contributed by atoms with Crippen LogP contribution in [-0.4, -0.2) is 36.6 Å². The van der Waals surface area contributed by atoms with Crippen LogP contribution in [0.5, 0.6) is 5.88 Å². The maximum atomic E-state index is 12.4. The van der Waals surface area contributed by atoms with Gasteiger partial charge in [-0.3, -0.25) is 14.5 Å². The number of nitrogens with zero attached hydrogens (tertiary/aromatic N) is 3. The van der Waals surface area contributed by atoms with Crippen LogP contribution in [0.1, 0.15) is 10.4 Å². The fraction of sp³-hybridized carbons (Fsp3) is 0.0588. The van der Waals surface area contributed by atoms with E-state index in [0.29, 0.717) is 11.3 Å². The summed E-state index contributed by atoms with van der Waals surface area (Å²) < 4.78 is 32.0. The first kappa shape index (κ1) is 21.1. The van der Waals surface area contributed by atoms with Gasteiger partial charge in [0.2, 0.25) is 5.88 Å². The summed E-state index contributed by atoms with van der Waals surface area (Å²) in [6.07, 6.45) is 3.00. The first-order chi connectivity index (χ1) is 13.0.